The lowest BCUT2D eigenvalue weighted by atomic mass is 10.2. The lowest BCUT2D eigenvalue weighted by Crippen LogP contribution is -2.29. The van der Waals surface area contributed by atoms with Gasteiger partial charge in [0.25, 0.3) is 5.91 Å². The Morgan fingerprint density at radius 3 is 2.41 bits per heavy atom. The van der Waals surface area contributed by atoms with Crippen molar-refractivity contribution in [2.45, 2.75) is 13.0 Å². The predicted octanol–water partition coefficient (Wildman–Crippen LogP) is 3.94. The minimum absolute atomic E-state index is 0.395. The van der Waals surface area contributed by atoms with Gasteiger partial charge in [0.1, 0.15) is 11.5 Å². The summed E-state index contributed by atoms with van der Waals surface area (Å²) in [7, 11) is 3.06. The number of esters is 1. The second kappa shape index (κ2) is 9.64. The number of benzene rings is 2. The zero-order valence-corrected chi connectivity index (χ0v) is 15.9. The van der Waals surface area contributed by atoms with Crippen LogP contribution in [0.15, 0.2) is 48.5 Å². The second-order valence-electron chi connectivity index (χ2n) is 5.52. The topological polar surface area (TPSA) is 73.9 Å². The van der Waals surface area contributed by atoms with E-state index in [0.717, 1.165) is 11.3 Å². The monoisotopic (exact) mass is 389 g/mol. The molecule has 0 aliphatic heterocycles. The molecular formula is C20H20ClNO5. The van der Waals surface area contributed by atoms with Crippen LogP contribution >= 0.6 is 11.6 Å². The molecule has 1 amide bonds. The molecule has 0 fully saturated rings. The van der Waals surface area contributed by atoms with Crippen LogP contribution in [0.2, 0.25) is 5.02 Å². The molecule has 0 radical (unpaired) electrons. The van der Waals surface area contributed by atoms with Crippen molar-refractivity contribution in [2.75, 3.05) is 19.5 Å². The molecular weight excluding hydrogens is 370 g/mol. The molecule has 142 valence electrons. The van der Waals surface area contributed by atoms with Crippen LogP contribution in [0.25, 0.3) is 6.08 Å². The molecule has 0 aliphatic carbocycles. The molecule has 2 rings (SSSR count). The van der Waals surface area contributed by atoms with Crippen molar-refractivity contribution in [3.63, 3.8) is 0 Å². The van der Waals surface area contributed by atoms with Gasteiger partial charge in [-0.25, -0.2) is 4.79 Å². The summed E-state index contributed by atoms with van der Waals surface area (Å²) in [6, 6.07) is 12.0. The fraction of sp³-hybridized carbons (Fsp3) is 0.200. The van der Waals surface area contributed by atoms with Gasteiger partial charge in [-0.15, -0.1) is 0 Å². The summed E-state index contributed by atoms with van der Waals surface area (Å²) in [6.45, 7) is 1.48. The van der Waals surface area contributed by atoms with E-state index in [2.05, 4.69) is 5.32 Å². The number of rotatable bonds is 7. The number of amides is 1. The zero-order chi connectivity index (χ0) is 19.8. The number of ether oxygens (including phenoxy) is 3. The second-order valence-corrected chi connectivity index (χ2v) is 5.96. The highest BCUT2D eigenvalue weighted by molar-refractivity contribution is 6.31. The van der Waals surface area contributed by atoms with Gasteiger partial charge in [-0.1, -0.05) is 23.7 Å². The maximum atomic E-state index is 12.2. The molecule has 0 bridgehead atoms. The van der Waals surface area contributed by atoms with E-state index in [0.29, 0.717) is 16.5 Å². The number of carbonyl (C=O) groups excluding carboxylic acids is 2. The van der Waals surface area contributed by atoms with Crippen LogP contribution in [0, 0.1) is 0 Å². The maximum absolute atomic E-state index is 12.2. The molecule has 1 N–H and O–H groups in total. The van der Waals surface area contributed by atoms with E-state index in [1.807, 2.05) is 0 Å². The Hall–Kier alpha value is -2.99. The highest BCUT2D eigenvalue weighted by atomic mass is 35.5. The molecule has 2 aromatic carbocycles. The Bertz CT molecular complexity index is 833. The standard InChI is InChI=1S/C20H20ClNO5/c1-13(20(24)22-17-12-15(21)7-10-18(17)26-3)27-19(23)11-6-14-4-8-16(25-2)9-5-14/h4-13H,1-3H3,(H,22,24)/b11-6+/t13-/m0/s1. The Kier molecular flexibility index (Phi) is 7.25. The fourth-order valence-electron chi connectivity index (χ4n) is 2.16. The largest absolute Gasteiger partial charge is 0.497 e. The molecule has 0 aliphatic rings. The lowest BCUT2D eigenvalue weighted by molar-refractivity contribution is -0.148. The van der Waals surface area contributed by atoms with Crippen LogP contribution in [0.4, 0.5) is 5.69 Å². The fourth-order valence-corrected chi connectivity index (χ4v) is 2.33. The summed E-state index contributed by atoms with van der Waals surface area (Å²) in [6.07, 6.45) is 1.85. The van der Waals surface area contributed by atoms with E-state index >= 15 is 0 Å². The van der Waals surface area contributed by atoms with E-state index < -0.39 is 18.0 Å². The van der Waals surface area contributed by atoms with Gasteiger partial charge in [-0.05, 0) is 48.9 Å². The van der Waals surface area contributed by atoms with Crippen molar-refractivity contribution in [3.05, 3.63) is 59.1 Å². The molecule has 7 heteroatoms. The van der Waals surface area contributed by atoms with Crippen LogP contribution in [0.5, 0.6) is 11.5 Å². The minimum atomic E-state index is -0.998. The lowest BCUT2D eigenvalue weighted by Gasteiger charge is -2.14. The third-order valence-corrected chi connectivity index (χ3v) is 3.84. The molecule has 0 saturated carbocycles. The first-order valence-corrected chi connectivity index (χ1v) is 8.48. The van der Waals surface area contributed by atoms with E-state index in [1.54, 1.807) is 55.7 Å². The number of halogens is 1. The molecule has 0 spiro atoms. The summed E-state index contributed by atoms with van der Waals surface area (Å²) < 4.78 is 15.4. The molecule has 2 aromatic rings. The molecule has 0 unspecified atom stereocenters. The summed E-state index contributed by atoms with van der Waals surface area (Å²) in [5.74, 6) is 0.0374. The van der Waals surface area contributed by atoms with Crippen LogP contribution in [0.1, 0.15) is 12.5 Å². The minimum Gasteiger partial charge on any atom is -0.497 e. The van der Waals surface area contributed by atoms with Crippen LogP contribution < -0.4 is 14.8 Å². The average molecular weight is 390 g/mol. The number of carbonyl (C=O) groups is 2. The third kappa shape index (κ3) is 6.04. The van der Waals surface area contributed by atoms with Gasteiger partial charge in [0, 0.05) is 11.1 Å². The van der Waals surface area contributed by atoms with Crippen molar-refractivity contribution in [1.29, 1.82) is 0 Å². The Morgan fingerprint density at radius 2 is 1.78 bits per heavy atom. The van der Waals surface area contributed by atoms with Gasteiger partial charge in [-0.2, -0.15) is 0 Å². The molecule has 27 heavy (non-hydrogen) atoms. The third-order valence-electron chi connectivity index (χ3n) is 3.61. The maximum Gasteiger partial charge on any atom is 0.331 e. The highest BCUT2D eigenvalue weighted by Gasteiger charge is 2.18. The summed E-state index contributed by atoms with van der Waals surface area (Å²) in [5, 5.41) is 3.07. The number of methoxy groups -OCH3 is 2. The first kappa shape index (κ1) is 20.3. The van der Waals surface area contributed by atoms with Gasteiger partial charge in [0.05, 0.1) is 19.9 Å². The summed E-state index contributed by atoms with van der Waals surface area (Å²) >= 11 is 5.93. The van der Waals surface area contributed by atoms with Crippen LogP contribution in [-0.2, 0) is 14.3 Å². The van der Waals surface area contributed by atoms with Crippen molar-refractivity contribution in [1.82, 2.24) is 0 Å². The molecule has 0 aromatic heterocycles. The van der Waals surface area contributed by atoms with Crippen molar-refractivity contribution < 1.29 is 23.8 Å². The van der Waals surface area contributed by atoms with Gasteiger partial charge >= 0.3 is 5.97 Å². The van der Waals surface area contributed by atoms with Crippen molar-refractivity contribution in [3.8, 4) is 11.5 Å². The molecule has 1 atom stereocenters. The Balaban J connectivity index is 1.94. The first-order valence-electron chi connectivity index (χ1n) is 8.10. The normalized spacial score (nSPS) is 11.7. The van der Waals surface area contributed by atoms with Crippen molar-refractivity contribution >= 4 is 35.2 Å². The number of anilines is 1. The van der Waals surface area contributed by atoms with E-state index in [1.165, 1.54) is 20.1 Å². The van der Waals surface area contributed by atoms with Crippen LogP contribution in [-0.4, -0.2) is 32.2 Å². The van der Waals surface area contributed by atoms with E-state index in [4.69, 9.17) is 25.8 Å². The SMILES string of the molecule is COc1ccc(/C=C/C(=O)O[C@@H](C)C(=O)Nc2cc(Cl)ccc2OC)cc1. The van der Waals surface area contributed by atoms with Crippen LogP contribution in [0.3, 0.4) is 0 Å². The molecule has 6 nitrogen and oxygen atoms in total. The van der Waals surface area contributed by atoms with Gasteiger partial charge in [-0.3, -0.25) is 4.79 Å². The molecule has 0 heterocycles. The number of nitrogens with one attached hydrogen (secondary N) is 1. The zero-order valence-electron chi connectivity index (χ0n) is 15.2. The average Bonchev–Trinajstić information content (AvgIpc) is 2.67. The van der Waals surface area contributed by atoms with Crippen molar-refractivity contribution in [2.24, 2.45) is 0 Å². The highest BCUT2D eigenvalue weighted by Crippen LogP contribution is 2.27. The number of hydrogen-bond acceptors (Lipinski definition) is 5. The summed E-state index contributed by atoms with van der Waals surface area (Å²) in [5.41, 5.74) is 1.19. The summed E-state index contributed by atoms with van der Waals surface area (Å²) in [4.78, 5) is 24.2. The number of hydrogen-bond donors (Lipinski definition) is 1. The Morgan fingerprint density at radius 1 is 1.07 bits per heavy atom. The van der Waals surface area contributed by atoms with Gasteiger partial charge in [0.2, 0.25) is 0 Å². The first-order chi connectivity index (χ1) is 12.9. The smallest absolute Gasteiger partial charge is 0.331 e. The predicted molar refractivity (Wildman–Crippen MR) is 104 cm³/mol. The molecule has 0 saturated heterocycles. The Labute approximate surface area is 162 Å². The van der Waals surface area contributed by atoms with Gasteiger partial charge in [0.15, 0.2) is 6.10 Å². The van der Waals surface area contributed by atoms with E-state index in [-0.39, 0.29) is 0 Å². The quantitative estimate of drug-likeness (QED) is 0.573. The van der Waals surface area contributed by atoms with Gasteiger partial charge < -0.3 is 19.5 Å². The van der Waals surface area contributed by atoms with E-state index in [9.17, 15) is 9.59 Å².